The summed E-state index contributed by atoms with van der Waals surface area (Å²) in [6.45, 7) is 4.15. The summed E-state index contributed by atoms with van der Waals surface area (Å²) in [5.41, 5.74) is 3.48. The van der Waals surface area contributed by atoms with E-state index in [2.05, 4.69) is 10.6 Å². The topological polar surface area (TPSA) is 58.2 Å². The molecule has 0 saturated heterocycles. The molecule has 0 spiro atoms. The monoisotopic (exact) mass is 364 g/mol. The fourth-order valence-electron chi connectivity index (χ4n) is 2.25. The Hall–Kier alpha value is -2.04. The van der Waals surface area contributed by atoms with Gasteiger partial charge in [-0.2, -0.15) is 0 Å². The van der Waals surface area contributed by atoms with E-state index >= 15 is 0 Å². The van der Waals surface area contributed by atoms with Gasteiger partial charge in [-0.05, 0) is 49.6 Å². The Morgan fingerprint density at radius 2 is 1.75 bits per heavy atom. The van der Waals surface area contributed by atoms with Crippen molar-refractivity contribution in [2.24, 2.45) is 0 Å². The number of carbonyl (C=O) groups is 2. The zero-order valence-corrected chi connectivity index (χ0v) is 15.0. The van der Waals surface area contributed by atoms with Crippen LogP contribution in [0.1, 0.15) is 16.7 Å². The van der Waals surface area contributed by atoms with E-state index in [-0.39, 0.29) is 0 Å². The first kappa shape index (κ1) is 18.3. The molecule has 0 aliphatic rings. The number of nitrogens with one attached hydrogen (secondary N) is 2. The molecule has 2 aromatic carbocycles. The normalized spacial score (nSPS) is 10.3. The molecule has 0 fully saturated rings. The van der Waals surface area contributed by atoms with E-state index in [4.69, 9.17) is 23.2 Å². The standard InChI is InChI=1S/C18H18Cl2N2O2/c1-11-3-6-16(12(2)9-11)22-18(24)17(23)21-8-7-13-4-5-14(19)10-15(13)20/h3-6,9-10H,7-8H2,1-2H3,(H,21,23)(H,22,24). The molecule has 0 saturated carbocycles. The number of hydrogen-bond acceptors (Lipinski definition) is 2. The Kier molecular flexibility index (Phi) is 6.23. The SMILES string of the molecule is Cc1ccc(NC(=O)C(=O)NCCc2ccc(Cl)cc2Cl)c(C)c1. The van der Waals surface area contributed by atoms with E-state index in [1.807, 2.05) is 26.0 Å². The van der Waals surface area contributed by atoms with Gasteiger partial charge in [0, 0.05) is 22.3 Å². The molecular weight excluding hydrogens is 347 g/mol. The van der Waals surface area contributed by atoms with Gasteiger partial charge < -0.3 is 10.6 Å². The lowest BCUT2D eigenvalue weighted by molar-refractivity contribution is -0.136. The van der Waals surface area contributed by atoms with Crippen LogP contribution in [-0.2, 0) is 16.0 Å². The Morgan fingerprint density at radius 3 is 2.42 bits per heavy atom. The number of anilines is 1. The second kappa shape index (κ2) is 8.18. The van der Waals surface area contributed by atoms with Crippen molar-refractivity contribution < 1.29 is 9.59 Å². The van der Waals surface area contributed by atoms with Gasteiger partial charge in [-0.1, -0.05) is 47.0 Å². The fourth-order valence-corrected chi connectivity index (χ4v) is 2.75. The van der Waals surface area contributed by atoms with E-state index < -0.39 is 11.8 Å². The maximum Gasteiger partial charge on any atom is 0.313 e. The third-order valence-corrected chi connectivity index (χ3v) is 4.12. The van der Waals surface area contributed by atoms with Crippen molar-refractivity contribution in [3.8, 4) is 0 Å². The van der Waals surface area contributed by atoms with E-state index in [0.717, 1.165) is 16.7 Å². The molecule has 126 valence electrons. The summed E-state index contributed by atoms with van der Waals surface area (Å²) in [6.07, 6.45) is 0.512. The largest absolute Gasteiger partial charge is 0.347 e. The Labute approximate surface area is 151 Å². The number of carbonyl (C=O) groups excluding carboxylic acids is 2. The van der Waals surface area contributed by atoms with Crippen LogP contribution >= 0.6 is 23.2 Å². The van der Waals surface area contributed by atoms with E-state index in [9.17, 15) is 9.59 Å². The summed E-state index contributed by atoms with van der Waals surface area (Å²) in [5, 5.41) is 6.29. The summed E-state index contributed by atoms with van der Waals surface area (Å²) in [7, 11) is 0. The minimum atomic E-state index is -0.691. The number of aryl methyl sites for hydroxylation is 2. The average Bonchev–Trinajstić information content (AvgIpc) is 2.52. The molecule has 2 amide bonds. The molecule has 0 bridgehead atoms. The first-order chi connectivity index (χ1) is 11.4. The van der Waals surface area contributed by atoms with Gasteiger partial charge in [0.2, 0.25) is 0 Å². The lowest BCUT2D eigenvalue weighted by atomic mass is 10.1. The molecule has 0 aromatic heterocycles. The van der Waals surface area contributed by atoms with Crippen LogP contribution in [-0.4, -0.2) is 18.4 Å². The van der Waals surface area contributed by atoms with Gasteiger partial charge in [0.15, 0.2) is 0 Å². The Balaban J connectivity index is 1.86. The van der Waals surface area contributed by atoms with E-state index in [1.165, 1.54) is 0 Å². The van der Waals surface area contributed by atoms with Crippen LogP contribution in [0.4, 0.5) is 5.69 Å². The molecule has 2 rings (SSSR count). The highest BCUT2D eigenvalue weighted by Gasteiger charge is 2.14. The van der Waals surface area contributed by atoms with Gasteiger partial charge in [-0.15, -0.1) is 0 Å². The maximum absolute atomic E-state index is 11.9. The third kappa shape index (κ3) is 4.98. The zero-order chi connectivity index (χ0) is 17.7. The number of benzene rings is 2. The van der Waals surface area contributed by atoms with Crippen LogP contribution in [0.5, 0.6) is 0 Å². The Bertz CT molecular complexity index is 776. The van der Waals surface area contributed by atoms with Crippen LogP contribution in [0, 0.1) is 13.8 Å². The zero-order valence-electron chi connectivity index (χ0n) is 13.5. The summed E-state index contributed by atoms with van der Waals surface area (Å²) >= 11 is 11.9. The first-order valence-corrected chi connectivity index (χ1v) is 8.23. The molecule has 24 heavy (non-hydrogen) atoms. The van der Waals surface area contributed by atoms with Gasteiger partial charge in [0.05, 0.1) is 0 Å². The van der Waals surface area contributed by atoms with Crippen molar-refractivity contribution in [1.82, 2.24) is 5.32 Å². The summed E-state index contributed by atoms with van der Waals surface area (Å²) < 4.78 is 0. The Morgan fingerprint density at radius 1 is 1.00 bits per heavy atom. The van der Waals surface area contributed by atoms with Crippen LogP contribution < -0.4 is 10.6 Å². The van der Waals surface area contributed by atoms with Gasteiger partial charge in [0.25, 0.3) is 0 Å². The van der Waals surface area contributed by atoms with Gasteiger partial charge in [-0.3, -0.25) is 9.59 Å². The maximum atomic E-state index is 11.9. The molecule has 0 radical (unpaired) electrons. The summed E-state index contributed by atoms with van der Waals surface area (Å²) in [5.74, 6) is -1.37. The van der Waals surface area contributed by atoms with Crippen molar-refractivity contribution >= 4 is 40.7 Å². The fraction of sp³-hybridized carbons (Fsp3) is 0.222. The minimum Gasteiger partial charge on any atom is -0.347 e. The van der Waals surface area contributed by atoms with Crippen molar-refractivity contribution in [2.45, 2.75) is 20.3 Å². The molecule has 0 aliphatic heterocycles. The molecule has 0 heterocycles. The smallest absolute Gasteiger partial charge is 0.313 e. The lowest BCUT2D eigenvalue weighted by Crippen LogP contribution is -2.36. The number of hydrogen-bond donors (Lipinski definition) is 2. The van der Waals surface area contributed by atoms with E-state index in [0.29, 0.717) is 28.7 Å². The van der Waals surface area contributed by atoms with Crippen molar-refractivity contribution in [1.29, 1.82) is 0 Å². The highest BCUT2D eigenvalue weighted by molar-refractivity contribution is 6.39. The molecule has 4 nitrogen and oxygen atoms in total. The predicted molar refractivity (Wildman–Crippen MR) is 97.7 cm³/mol. The summed E-state index contributed by atoms with van der Waals surface area (Å²) in [4.78, 5) is 23.8. The third-order valence-electron chi connectivity index (χ3n) is 3.53. The van der Waals surface area contributed by atoms with Gasteiger partial charge in [0.1, 0.15) is 0 Å². The number of rotatable bonds is 4. The van der Waals surface area contributed by atoms with Crippen molar-refractivity contribution in [2.75, 3.05) is 11.9 Å². The highest BCUT2D eigenvalue weighted by atomic mass is 35.5. The molecule has 0 atom stereocenters. The first-order valence-electron chi connectivity index (χ1n) is 7.47. The molecule has 6 heteroatoms. The van der Waals surface area contributed by atoms with E-state index in [1.54, 1.807) is 24.3 Å². The van der Waals surface area contributed by atoms with Crippen LogP contribution in [0.25, 0.3) is 0 Å². The van der Waals surface area contributed by atoms with Gasteiger partial charge >= 0.3 is 11.8 Å². The quantitative estimate of drug-likeness (QED) is 0.808. The molecule has 2 N–H and O–H groups in total. The average molecular weight is 365 g/mol. The van der Waals surface area contributed by atoms with Crippen molar-refractivity contribution in [3.63, 3.8) is 0 Å². The molecule has 0 unspecified atom stereocenters. The number of amides is 2. The summed E-state index contributed by atoms with van der Waals surface area (Å²) in [6, 6.07) is 10.8. The number of halogens is 2. The lowest BCUT2D eigenvalue weighted by Gasteiger charge is -2.10. The molecule has 2 aromatic rings. The van der Waals surface area contributed by atoms with Crippen molar-refractivity contribution in [3.05, 3.63) is 63.1 Å². The minimum absolute atomic E-state index is 0.306. The van der Waals surface area contributed by atoms with Crippen LogP contribution in [0.15, 0.2) is 36.4 Å². The highest BCUT2D eigenvalue weighted by Crippen LogP contribution is 2.21. The predicted octanol–water partition coefficient (Wildman–Crippen LogP) is 3.91. The second-order valence-electron chi connectivity index (χ2n) is 5.51. The second-order valence-corrected chi connectivity index (χ2v) is 6.36. The van der Waals surface area contributed by atoms with Gasteiger partial charge in [-0.25, -0.2) is 0 Å². The van der Waals surface area contributed by atoms with Crippen LogP contribution in [0.2, 0.25) is 10.0 Å². The molecular formula is C18H18Cl2N2O2. The molecule has 0 aliphatic carbocycles. The van der Waals surface area contributed by atoms with Crippen LogP contribution in [0.3, 0.4) is 0 Å².